The molecule has 0 aliphatic carbocycles. The third kappa shape index (κ3) is 17.6. The van der Waals surface area contributed by atoms with Crippen LogP contribution in [0.1, 0.15) is 19.3 Å². The molecule has 0 aliphatic heterocycles. The second-order valence-corrected chi connectivity index (χ2v) is 8.42. The van der Waals surface area contributed by atoms with Crippen LogP contribution in [0.15, 0.2) is 0 Å². The van der Waals surface area contributed by atoms with Crippen LogP contribution in [0, 0.1) is 0 Å². The van der Waals surface area contributed by atoms with Gasteiger partial charge >= 0.3 is 23.9 Å². The summed E-state index contributed by atoms with van der Waals surface area (Å²) in [7, 11) is 0. The Morgan fingerprint density at radius 1 is 0.795 bits per heavy atom. The maximum Gasteiger partial charge on any atom is 0.321 e. The van der Waals surface area contributed by atoms with E-state index in [2.05, 4.69) is 5.32 Å². The van der Waals surface area contributed by atoms with Gasteiger partial charge in [-0.25, -0.2) is 0 Å². The molecule has 17 heteroatoms. The number of carboxylic acids is 4. The molecule has 1 unspecified atom stereocenters. The van der Waals surface area contributed by atoms with Gasteiger partial charge in [0.15, 0.2) is 0 Å². The van der Waals surface area contributed by atoms with Crippen LogP contribution in [0.25, 0.3) is 0 Å². The number of hydrogen-bond donors (Lipinski definition) is 6. The Morgan fingerprint density at radius 2 is 1.33 bits per heavy atom. The molecule has 0 spiro atoms. The molecule has 17 nitrogen and oxygen atoms in total. The fraction of sp³-hybridized carbons (Fsp3) is 0.682. The predicted molar refractivity (Wildman–Crippen MR) is 132 cm³/mol. The minimum atomic E-state index is -1.27. The molecular formula is C22H37N5O12. The fourth-order valence-corrected chi connectivity index (χ4v) is 3.52. The van der Waals surface area contributed by atoms with E-state index >= 15 is 0 Å². The molecule has 0 rings (SSSR count). The zero-order chi connectivity index (χ0) is 29.8. The topological polar surface area (TPSA) is 257 Å². The van der Waals surface area contributed by atoms with E-state index in [9.17, 15) is 43.8 Å². The van der Waals surface area contributed by atoms with Gasteiger partial charge < -0.3 is 40.5 Å². The van der Waals surface area contributed by atoms with Gasteiger partial charge in [-0.15, -0.1) is 0 Å². The lowest BCUT2D eigenvalue weighted by molar-refractivity contribution is -0.146. The van der Waals surface area contributed by atoms with E-state index in [-0.39, 0.29) is 71.9 Å². The first kappa shape index (κ1) is 35.5. The summed E-state index contributed by atoms with van der Waals surface area (Å²) < 4.78 is 5.34. The summed E-state index contributed by atoms with van der Waals surface area (Å²) in [6.45, 7) is -1.74. The minimum Gasteiger partial charge on any atom is -0.480 e. The van der Waals surface area contributed by atoms with Crippen LogP contribution >= 0.6 is 0 Å². The number of ether oxygens (including phenoxy) is 1. The van der Waals surface area contributed by atoms with Crippen molar-refractivity contribution in [3.05, 3.63) is 0 Å². The monoisotopic (exact) mass is 563 g/mol. The van der Waals surface area contributed by atoms with Gasteiger partial charge in [-0.3, -0.25) is 44.0 Å². The highest BCUT2D eigenvalue weighted by atomic mass is 16.5. The summed E-state index contributed by atoms with van der Waals surface area (Å²) in [6, 6.07) is -2.29. The first-order valence-electron chi connectivity index (χ1n) is 12.0. The van der Waals surface area contributed by atoms with E-state index in [1.165, 1.54) is 9.80 Å². The van der Waals surface area contributed by atoms with Crippen molar-refractivity contribution in [1.29, 1.82) is 0 Å². The molecule has 1 amide bonds. The molecule has 0 saturated carbocycles. The summed E-state index contributed by atoms with van der Waals surface area (Å²) in [5, 5.41) is 39.7. The van der Waals surface area contributed by atoms with Crippen molar-refractivity contribution in [3.63, 3.8) is 0 Å². The van der Waals surface area contributed by atoms with Crippen molar-refractivity contribution >= 4 is 42.4 Å². The quantitative estimate of drug-likeness (QED) is 0.0340. The number of hydrogen-bond acceptors (Lipinski definition) is 12. The smallest absolute Gasteiger partial charge is 0.321 e. The number of nitrogens with two attached hydrogens (primary N) is 1. The Labute approximate surface area is 224 Å². The molecule has 0 heterocycles. The van der Waals surface area contributed by atoms with E-state index in [1.54, 1.807) is 0 Å². The van der Waals surface area contributed by atoms with Gasteiger partial charge in [-0.05, 0) is 12.8 Å². The molecule has 7 N–H and O–H groups in total. The van der Waals surface area contributed by atoms with Crippen LogP contribution in [-0.2, 0) is 38.3 Å². The number of aldehydes is 2. The average molecular weight is 564 g/mol. The number of aliphatic carboxylic acids is 4. The zero-order valence-corrected chi connectivity index (χ0v) is 21.5. The van der Waals surface area contributed by atoms with Crippen molar-refractivity contribution in [1.82, 2.24) is 20.0 Å². The Morgan fingerprint density at radius 3 is 1.77 bits per heavy atom. The lowest BCUT2D eigenvalue weighted by Crippen LogP contribution is -2.49. The van der Waals surface area contributed by atoms with Crippen molar-refractivity contribution in [3.8, 4) is 0 Å². The van der Waals surface area contributed by atoms with E-state index in [4.69, 9.17) is 20.7 Å². The first-order valence-corrected chi connectivity index (χ1v) is 12.0. The van der Waals surface area contributed by atoms with Crippen molar-refractivity contribution < 1.29 is 58.7 Å². The lowest BCUT2D eigenvalue weighted by Gasteiger charge is -2.32. The number of rotatable bonds is 26. The second-order valence-electron chi connectivity index (χ2n) is 8.42. The Kier molecular flexibility index (Phi) is 18.6. The molecule has 0 fully saturated rings. The average Bonchev–Trinajstić information content (AvgIpc) is 2.82. The number of amides is 1. The zero-order valence-electron chi connectivity index (χ0n) is 21.5. The molecule has 0 radical (unpaired) electrons. The van der Waals surface area contributed by atoms with Gasteiger partial charge in [-0.1, -0.05) is 0 Å². The molecular weight excluding hydrogens is 526 g/mol. The number of nitrogens with zero attached hydrogens (tertiary/aromatic N) is 3. The lowest BCUT2D eigenvalue weighted by atomic mass is 10.1. The van der Waals surface area contributed by atoms with Crippen molar-refractivity contribution in [2.24, 2.45) is 5.73 Å². The highest BCUT2D eigenvalue weighted by Gasteiger charge is 2.27. The maximum absolute atomic E-state index is 12.1. The van der Waals surface area contributed by atoms with Crippen LogP contribution in [0.5, 0.6) is 0 Å². The number of nitrogens with one attached hydrogen (secondary N) is 1. The van der Waals surface area contributed by atoms with Crippen LogP contribution in [0.3, 0.4) is 0 Å². The minimum absolute atomic E-state index is 0.0408. The van der Waals surface area contributed by atoms with Crippen molar-refractivity contribution in [2.45, 2.75) is 31.3 Å². The number of carbonyl (C=O) groups excluding carboxylic acids is 3. The SMILES string of the molecule is NC(=O)CC[C@H](NCOCCC(C(=O)O)N(CCN(CC=O)CC=O)CCN(CC(=O)O)CC(=O)O)C(=O)O. The Balaban J connectivity index is 5.35. The standard InChI is InChI=1S/C22H37N5O12/c23-18(30)2-1-16(21(35)36)24-15-39-12-3-17(22(37)38)27(6-4-25(8-10-28)9-11-29)7-5-26(13-19(31)32)14-20(33)34/h10-11,16-17,24H,1-9,12-15H2,(H2,23,30)(H,31,32)(H,33,34)(H,35,36)(H,37,38)/t16-,17?/m0/s1. The number of primary amides is 1. The molecule has 0 aliphatic rings. The number of carbonyl (C=O) groups is 7. The summed E-state index contributed by atoms with van der Waals surface area (Å²) in [5.74, 6) is -5.68. The molecule has 2 atom stereocenters. The van der Waals surface area contributed by atoms with E-state index in [0.717, 1.165) is 4.90 Å². The third-order valence-corrected chi connectivity index (χ3v) is 5.46. The predicted octanol–water partition coefficient (Wildman–Crippen LogP) is -3.41. The van der Waals surface area contributed by atoms with E-state index < -0.39 is 55.0 Å². The van der Waals surface area contributed by atoms with Gasteiger partial charge in [0.1, 0.15) is 24.7 Å². The molecule has 0 aromatic carbocycles. The highest BCUT2D eigenvalue weighted by Crippen LogP contribution is 2.08. The summed E-state index contributed by atoms with van der Waals surface area (Å²) in [4.78, 5) is 82.3. The van der Waals surface area contributed by atoms with Crippen LogP contribution < -0.4 is 11.1 Å². The number of carboxylic acid groups (broad SMARTS) is 4. The fourth-order valence-electron chi connectivity index (χ4n) is 3.52. The van der Waals surface area contributed by atoms with Crippen LogP contribution in [0.2, 0.25) is 0 Å². The van der Waals surface area contributed by atoms with E-state index in [1.807, 2.05) is 0 Å². The van der Waals surface area contributed by atoms with Gasteiger partial charge in [0.05, 0.1) is 39.5 Å². The molecule has 0 aromatic heterocycles. The van der Waals surface area contributed by atoms with Gasteiger partial charge in [0.2, 0.25) is 5.91 Å². The van der Waals surface area contributed by atoms with Gasteiger partial charge in [-0.2, -0.15) is 0 Å². The normalized spacial score (nSPS) is 12.8. The maximum atomic E-state index is 12.1. The second kappa shape index (κ2) is 20.5. The highest BCUT2D eigenvalue weighted by molar-refractivity contribution is 5.77. The summed E-state index contributed by atoms with van der Waals surface area (Å²) in [5.41, 5.74) is 5.02. The molecule has 222 valence electrons. The Hall–Kier alpha value is -3.51. The largest absolute Gasteiger partial charge is 0.480 e. The molecule has 0 saturated heterocycles. The molecule has 0 aromatic rings. The van der Waals surface area contributed by atoms with E-state index in [0.29, 0.717) is 12.6 Å². The summed E-state index contributed by atoms with van der Waals surface area (Å²) in [6.07, 6.45) is 0.847. The molecule has 39 heavy (non-hydrogen) atoms. The van der Waals surface area contributed by atoms with Gasteiger partial charge in [0, 0.05) is 32.6 Å². The Bertz CT molecular complexity index is 801. The third-order valence-electron chi connectivity index (χ3n) is 5.46. The van der Waals surface area contributed by atoms with Crippen LogP contribution in [0.4, 0.5) is 0 Å². The summed E-state index contributed by atoms with van der Waals surface area (Å²) >= 11 is 0. The van der Waals surface area contributed by atoms with Gasteiger partial charge in [0.25, 0.3) is 0 Å². The van der Waals surface area contributed by atoms with Crippen LogP contribution in [-0.4, -0.2) is 155 Å². The van der Waals surface area contributed by atoms with Crippen molar-refractivity contribution in [2.75, 3.05) is 65.7 Å². The first-order chi connectivity index (χ1) is 18.4. The molecule has 0 bridgehead atoms.